The van der Waals surface area contributed by atoms with Crippen molar-refractivity contribution in [2.24, 2.45) is 0 Å². The van der Waals surface area contributed by atoms with Crippen LogP contribution in [0.15, 0.2) is 0 Å². The summed E-state index contributed by atoms with van der Waals surface area (Å²) in [5.41, 5.74) is 0. The monoisotopic (exact) mass is 214 g/mol. The number of methoxy groups -OCH3 is 1. The third-order valence-corrected chi connectivity index (χ3v) is 3.06. The van der Waals surface area contributed by atoms with Gasteiger partial charge in [0.25, 0.3) is 0 Å². The van der Waals surface area contributed by atoms with E-state index in [2.05, 4.69) is 19.2 Å². The molecular weight excluding hydrogens is 192 g/mol. The van der Waals surface area contributed by atoms with E-state index in [1.165, 1.54) is 7.11 Å². The number of piperidine rings is 1. The molecule has 0 aliphatic carbocycles. The Labute approximate surface area is 92.0 Å². The minimum absolute atomic E-state index is 0.197. The van der Waals surface area contributed by atoms with Crippen LogP contribution in [0.3, 0.4) is 0 Å². The number of rotatable bonds is 3. The van der Waals surface area contributed by atoms with E-state index in [9.17, 15) is 4.79 Å². The second-order valence-corrected chi connectivity index (χ2v) is 4.21. The highest BCUT2D eigenvalue weighted by atomic mass is 16.5. The molecule has 0 bridgehead atoms. The van der Waals surface area contributed by atoms with Crippen LogP contribution in [-0.2, 0) is 4.74 Å². The lowest BCUT2D eigenvalue weighted by atomic mass is 10.0. The Balaban J connectivity index is 2.26. The molecule has 1 aliphatic rings. The Morgan fingerprint density at radius 1 is 1.53 bits per heavy atom. The van der Waals surface area contributed by atoms with Gasteiger partial charge in [0.2, 0.25) is 0 Å². The summed E-state index contributed by atoms with van der Waals surface area (Å²) in [6.45, 7) is 6.00. The summed E-state index contributed by atoms with van der Waals surface area (Å²) in [6.07, 6.45) is 3.01. The van der Waals surface area contributed by atoms with Crippen molar-refractivity contribution in [3.05, 3.63) is 0 Å². The lowest BCUT2D eigenvalue weighted by Crippen LogP contribution is -2.47. The number of nitrogens with one attached hydrogen (secondary N) is 1. The summed E-state index contributed by atoms with van der Waals surface area (Å²) in [7, 11) is 1.44. The van der Waals surface area contributed by atoms with Crippen LogP contribution in [0.5, 0.6) is 0 Å². The first-order valence-corrected chi connectivity index (χ1v) is 5.76. The maximum Gasteiger partial charge on any atom is 0.409 e. The van der Waals surface area contributed by atoms with Crippen molar-refractivity contribution < 1.29 is 9.53 Å². The van der Waals surface area contributed by atoms with Crippen molar-refractivity contribution in [3.63, 3.8) is 0 Å². The lowest BCUT2D eigenvalue weighted by molar-refractivity contribution is 0.109. The molecule has 88 valence electrons. The number of ether oxygens (including phenoxy) is 1. The molecule has 1 amide bonds. The predicted molar refractivity (Wildman–Crippen MR) is 59.9 cm³/mol. The summed E-state index contributed by atoms with van der Waals surface area (Å²) >= 11 is 0. The molecule has 4 heteroatoms. The van der Waals surface area contributed by atoms with Gasteiger partial charge in [-0.3, -0.25) is 0 Å². The number of hydrogen-bond donors (Lipinski definition) is 1. The number of amides is 1. The smallest absolute Gasteiger partial charge is 0.409 e. The molecule has 15 heavy (non-hydrogen) atoms. The molecule has 1 aliphatic heterocycles. The molecule has 0 aromatic rings. The Bertz CT molecular complexity index is 201. The zero-order valence-electron chi connectivity index (χ0n) is 9.95. The normalized spacial score (nSPS) is 20.1. The van der Waals surface area contributed by atoms with E-state index < -0.39 is 0 Å². The third-order valence-electron chi connectivity index (χ3n) is 3.06. The van der Waals surface area contributed by atoms with Gasteiger partial charge in [0.1, 0.15) is 0 Å². The van der Waals surface area contributed by atoms with Crippen LogP contribution in [0.25, 0.3) is 0 Å². The van der Waals surface area contributed by atoms with Crippen molar-refractivity contribution in [1.82, 2.24) is 10.2 Å². The molecule has 4 nitrogen and oxygen atoms in total. The summed E-state index contributed by atoms with van der Waals surface area (Å²) in [5, 5.41) is 3.57. The van der Waals surface area contributed by atoms with E-state index in [4.69, 9.17) is 4.74 Å². The summed E-state index contributed by atoms with van der Waals surface area (Å²) in [6, 6.07) is 1.13. The molecule has 0 aromatic heterocycles. The Morgan fingerprint density at radius 3 is 2.60 bits per heavy atom. The van der Waals surface area contributed by atoms with Crippen LogP contribution in [0.4, 0.5) is 4.79 Å². The van der Waals surface area contributed by atoms with Gasteiger partial charge in [-0.1, -0.05) is 6.92 Å². The SMILES string of the molecule is CCC(C)NC1CCN(C(=O)OC)CC1. The van der Waals surface area contributed by atoms with E-state index in [1.807, 2.05) is 0 Å². The number of nitrogens with zero attached hydrogens (tertiary/aromatic N) is 1. The van der Waals surface area contributed by atoms with Crippen LogP contribution in [0.1, 0.15) is 33.1 Å². The summed E-state index contributed by atoms with van der Waals surface area (Å²) in [5.74, 6) is 0. The fourth-order valence-electron chi connectivity index (χ4n) is 1.88. The first kappa shape index (κ1) is 12.3. The van der Waals surface area contributed by atoms with Crippen LogP contribution >= 0.6 is 0 Å². The molecule has 0 aromatic carbocycles. The molecule has 1 N–H and O–H groups in total. The van der Waals surface area contributed by atoms with Gasteiger partial charge in [0, 0.05) is 25.2 Å². The van der Waals surface area contributed by atoms with Crippen LogP contribution < -0.4 is 5.32 Å². The highest BCUT2D eigenvalue weighted by molar-refractivity contribution is 5.67. The van der Waals surface area contributed by atoms with Crippen molar-refractivity contribution in [3.8, 4) is 0 Å². The second kappa shape index (κ2) is 5.95. The van der Waals surface area contributed by atoms with Crippen molar-refractivity contribution in [1.29, 1.82) is 0 Å². The van der Waals surface area contributed by atoms with E-state index >= 15 is 0 Å². The van der Waals surface area contributed by atoms with Gasteiger partial charge >= 0.3 is 6.09 Å². The number of carbonyl (C=O) groups excluding carboxylic acids is 1. The minimum Gasteiger partial charge on any atom is -0.453 e. The van der Waals surface area contributed by atoms with E-state index in [0.717, 1.165) is 32.4 Å². The summed E-state index contributed by atoms with van der Waals surface area (Å²) < 4.78 is 4.69. The van der Waals surface area contributed by atoms with Gasteiger partial charge < -0.3 is 15.0 Å². The average molecular weight is 214 g/mol. The Kier molecular flexibility index (Phi) is 4.88. The molecule has 1 rings (SSSR count). The first-order valence-electron chi connectivity index (χ1n) is 5.76. The highest BCUT2D eigenvalue weighted by Crippen LogP contribution is 2.12. The third kappa shape index (κ3) is 3.70. The molecule has 1 heterocycles. The molecule has 1 atom stereocenters. The molecule has 0 saturated carbocycles. The van der Waals surface area contributed by atoms with Crippen molar-refractivity contribution >= 4 is 6.09 Å². The van der Waals surface area contributed by atoms with E-state index in [-0.39, 0.29) is 6.09 Å². The average Bonchev–Trinajstić information content (AvgIpc) is 2.29. The van der Waals surface area contributed by atoms with Crippen LogP contribution in [0.2, 0.25) is 0 Å². The number of carbonyl (C=O) groups is 1. The Hall–Kier alpha value is -0.770. The zero-order chi connectivity index (χ0) is 11.3. The first-order chi connectivity index (χ1) is 7.17. The fraction of sp³-hybridized carbons (Fsp3) is 0.909. The van der Waals surface area contributed by atoms with Gasteiger partial charge in [-0.25, -0.2) is 4.79 Å². The fourth-order valence-corrected chi connectivity index (χ4v) is 1.88. The topological polar surface area (TPSA) is 41.6 Å². The van der Waals surface area contributed by atoms with Gasteiger partial charge in [0.15, 0.2) is 0 Å². The van der Waals surface area contributed by atoms with Crippen LogP contribution in [0, 0.1) is 0 Å². The standard InChI is InChI=1S/C11H22N2O2/c1-4-9(2)12-10-5-7-13(8-6-10)11(14)15-3/h9-10,12H,4-8H2,1-3H3. The van der Waals surface area contributed by atoms with Gasteiger partial charge in [-0.15, -0.1) is 0 Å². The maximum absolute atomic E-state index is 11.2. The molecular formula is C11H22N2O2. The predicted octanol–water partition coefficient (Wildman–Crippen LogP) is 1.61. The zero-order valence-corrected chi connectivity index (χ0v) is 9.95. The molecule has 1 saturated heterocycles. The maximum atomic E-state index is 11.2. The van der Waals surface area contributed by atoms with Crippen molar-refractivity contribution in [2.75, 3.05) is 20.2 Å². The van der Waals surface area contributed by atoms with E-state index in [1.54, 1.807) is 4.90 Å². The second-order valence-electron chi connectivity index (χ2n) is 4.21. The van der Waals surface area contributed by atoms with E-state index in [0.29, 0.717) is 12.1 Å². The number of hydrogen-bond acceptors (Lipinski definition) is 3. The quantitative estimate of drug-likeness (QED) is 0.776. The lowest BCUT2D eigenvalue weighted by Gasteiger charge is -2.32. The molecule has 1 fully saturated rings. The molecule has 0 spiro atoms. The van der Waals surface area contributed by atoms with Crippen molar-refractivity contribution in [2.45, 2.75) is 45.2 Å². The summed E-state index contributed by atoms with van der Waals surface area (Å²) in [4.78, 5) is 13.0. The van der Waals surface area contributed by atoms with Crippen LogP contribution in [-0.4, -0.2) is 43.3 Å². The highest BCUT2D eigenvalue weighted by Gasteiger charge is 2.23. The number of likely N-dealkylation sites (tertiary alicyclic amines) is 1. The van der Waals surface area contributed by atoms with Gasteiger partial charge in [-0.05, 0) is 26.2 Å². The largest absolute Gasteiger partial charge is 0.453 e. The molecule has 0 radical (unpaired) electrons. The van der Waals surface area contributed by atoms with Gasteiger partial charge in [0.05, 0.1) is 7.11 Å². The molecule has 1 unspecified atom stereocenters. The minimum atomic E-state index is -0.197. The van der Waals surface area contributed by atoms with Gasteiger partial charge in [-0.2, -0.15) is 0 Å². The Morgan fingerprint density at radius 2 is 2.13 bits per heavy atom.